The second-order valence-corrected chi connectivity index (χ2v) is 7.31. The van der Waals surface area contributed by atoms with Crippen LogP contribution in [0, 0.1) is 12.8 Å². The van der Waals surface area contributed by atoms with Crippen molar-refractivity contribution in [3.8, 4) is 17.1 Å². The predicted molar refractivity (Wildman–Crippen MR) is 104 cm³/mol. The van der Waals surface area contributed by atoms with Crippen molar-refractivity contribution < 1.29 is 9.90 Å². The van der Waals surface area contributed by atoms with E-state index in [-0.39, 0.29) is 17.6 Å². The third kappa shape index (κ3) is 3.55. The fraction of sp³-hybridized carbons (Fsp3) is 0.316. The Morgan fingerprint density at radius 3 is 2.93 bits per heavy atom. The van der Waals surface area contributed by atoms with Gasteiger partial charge in [-0.2, -0.15) is 20.3 Å². The molecule has 1 aliphatic heterocycles. The molecule has 0 radical (unpaired) electrons. The Labute approximate surface area is 166 Å². The first-order chi connectivity index (χ1) is 13.5. The van der Waals surface area contributed by atoms with Crippen LogP contribution >= 0.6 is 11.6 Å². The number of carbonyl (C=O) groups is 1. The minimum absolute atomic E-state index is 0.0344. The highest BCUT2D eigenvalue weighted by molar-refractivity contribution is 6.30. The number of amides is 1. The van der Waals surface area contributed by atoms with Crippen molar-refractivity contribution in [3.05, 3.63) is 46.7 Å². The maximum absolute atomic E-state index is 13.0. The topological polar surface area (TPSA) is 108 Å². The maximum atomic E-state index is 13.0. The number of nitrogens with one attached hydrogen (secondary N) is 1. The third-order valence-electron chi connectivity index (χ3n) is 4.96. The monoisotopic (exact) mass is 398 g/mol. The molecule has 1 atom stereocenters. The van der Waals surface area contributed by atoms with E-state index in [4.69, 9.17) is 11.6 Å². The molecule has 9 heteroatoms. The zero-order valence-corrected chi connectivity index (χ0v) is 16.0. The van der Waals surface area contributed by atoms with E-state index in [2.05, 4.69) is 25.4 Å². The molecule has 0 saturated carbocycles. The lowest BCUT2D eigenvalue weighted by atomic mass is 9.90. The smallest absolute Gasteiger partial charge is 0.232 e. The average Bonchev–Trinajstić information content (AvgIpc) is 3.15. The lowest BCUT2D eigenvalue weighted by Crippen LogP contribution is -2.42. The van der Waals surface area contributed by atoms with Crippen molar-refractivity contribution in [2.24, 2.45) is 5.92 Å². The number of aryl methyl sites for hydroxylation is 1. The number of phenols is 1. The number of benzene rings is 1. The third-order valence-corrected chi connectivity index (χ3v) is 5.20. The summed E-state index contributed by atoms with van der Waals surface area (Å²) in [5.41, 5.74) is 2.38. The van der Waals surface area contributed by atoms with Gasteiger partial charge in [-0.3, -0.25) is 9.69 Å². The van der Waals surface area contributed by atoms with Crippen molar-refractivity contribution in [1.29, 1.82) is 0 Å². The van der Waals surface area contributed by atoms with Crippen molar-refractivity contribution >= 4 is 23.5 Å². The summed E-state index contributed by atoms with van der Waals surface area (Å²) in [6.07, 6.45) is 5.30. The number of anilines is 1. The summed E-state index contributed by atoms with van der Waals surface area (Å²) in [6.45, 7) is 2.48. The maximum Gasteiger partial charge on any atom is 0.232 e. The SMILES string of the molecule is Cc1cnncc1-c1n[nH]c(N2CCCC(Cc3ccc(Cl)cc3O)C2=O)n1. The molecule has 0 spiro atoms. The molecule has 144 valence electrons. The van der Waals surface area contributed by atoms with E-state index in [0.29, 0.717) is 35.3 Å². The Bertz CT molecular complexity index is 1020. The zero-order chi connectivity index (χ0) is 19.7. The van der Waals surface area contributed by atoms with Crippen LogP contribution in [0.3, 0.4) is 0 Å². The summed E-state index contributed by atoms with van der Waals surface area (Å²) in [4.78, 5) is 19.1. The van der Waals surface area contributed by atoms with E-state index < -0.39 is 0 Å². The number of aromatic nitrogens is 5. The Hall–Kier alpha value is -3.00. The van der Waals surface area contributed by atoms with Crippen LogP contribution < -0.4 is 4.90 Å². The molecule has 1 aliphatic rings. The molecule has 8 nitrogen and oxygen atoms in total. The molecule has 4 rings (SSSR count). The number of nitrogens with zero attached hydrogens (tertiary/aromatic N) is 5. The fourth-order valence-electron chi connectivity index (χ4n) is 3.44. The Morgan fingerprint density at radius 2 is 2.14 bits per heavy atom. The van der Waals surface area contributed by atoms with Crippen LogP contribution in [0.25, 0.3) is 11.4 Å². The highest BCUT2D eigenvalue weighted by atomic mass is 35.5. The van der Waals surface area contributed by atoms with Gasteiger partial charge in [-0.15, -0.1) is 0 Å². The Balaban J connectivity index is 1.54. The van der Waals surface area contributed by atoms with Crippen molar-refractivity contribution in [2.75, 3.05) is 11.4 Å². The molecule has 1 saturated heterocycles. The summed E-state index contributed by atoms with van der Waals surface area (Å²) >= 11 is 5.89. The lowest BCUT2D eigenvalue weighted by molar-refractivity contribution is -0.123. The van der Waals surface area contributed by atoms with Crippen LogP contribution in [0.2, 0.25) is 5.02 Å². The normalized spacial score (nSPS) is 17.1. The van der Waals surface area contributed by atoms with Gasteiger partial charge in [-0.25, -0.2) is 5.10 Å². The number of halogens is 1. The zero-order valence-electron chi connectivity index (χ0n) is 15.3. The van der Waals surface area contributed by atoms with Crippen LogP contribution in [0.5, 0.6) is 5.75 Å². The number of hydrogen-bond acceptors (Lipinski definition) is 6. The van der Waals surface area contributed by atoms with Gasteiger partial charge in [0.05, 0.1) is 12.4 Å². The van der Waals surface area contributed by atoms with Gasteiger partial charge in [0.15, 0.2) is 5.82 Å². The number of carbonyl (C=O) groups excluding carboxylic acids is 1. The van der Waals surface area contributed by atoms with Crippen molar-refractivity contribution in [2.45, 2.75) is 26.2 Å². The van der Waals surface area contributed by atoms with Crippen LogP contribution in [0.1, 0.15) is 24.0 Å². The van der Waals surface area contributed by atoms with Gasteiger partial charge in [0, 0.05) is 23.0 Å². The van der Waals surface area contributed by atoms with Crippen molar-refractivity contribution in [1.82, 2.24) is 25.4 Å². The number of aromatic hydroxyl groups is 1. The molecule has 1 amide bonds. The summed E-state index contributed by atoms with van der Waals surface area (Å²) in [6, 6.07) is 4.97. The quantitative estimate of drug-likeness (QED) is 0.699. The molecular weight excluding hydrogens is 380 g/mol. The van der Waals surface area contributed by atoms with E-state index in [1.165, 1.54) is 6.07 Å². The first kappa shape index (κ1) is 18.4. The molecule has 0 bridgehead atoms. The van der Waals surface area contributed by atoms with Crippen LogP contribution in [0.4, 0.5) is 5.95 Å². The molecule has 28 heavy (non-hydrogen) atoms. The molecule has 1 aromatic carbocycles. The van der Waals surface area contributed by atoms with E-state index in [1.54, 1.807) is 29.4 Å². The number of rotatable bonds is 4. The number of aromatic amines is 1. The molecule has 0 aliphatic carbocycles. The van der Waals surface area contributed by atoms with Gasteiger partial charge in [0.1, 0.15) is 5.75 Å². The Morgan fingerprint density at radius 1 is 1.32 bits per heavy atom. The largest absolute Gasteiger partial charge is 0.508 e. The van der Waals surface area contributed by atoms with Gasteiger partial charge in [0.25, 0.3) is 0 Å². The minimum atomic E-state index is -0.237. The van der Waals surface area contributed by atoms with Gasteiger partial charge < -0.3 is 5.11 Å². The van der Waals surface area contributed by atoms with Crippen LogP contribution in [-0.2, 0) is 11.2 Å². The lowest BCUT2D eigenvalue weighted by Gasteiger charge is -2.30. The fourth-order valence-corrected chi connectivity index (χ4v) is 3.60. The van der Waals surface area contributed by atoms with E-state index >= 15 is 0 Å². The molecule has 1 fully saturated rings. The number of H-pyrrole nitrogens is 1. The predicted octanol–water partition coefficient (Wildman–Crippen LogP) is 2.91. The molecular formula is C19H19ClN6O2. The average molecular weight is 399 g/mol. The van der Waals surface area contributed by atoms with Crippen LogP contribution in [0.15, 0.2) is 30.6 Å². The first-order valence-corrected chi connectivity index (χ1v) is 9.39. The molecule has 2 aromatic heterocycles. The van der Waals surface area contributed by atoms with E-state index in [1.807, 2.05) is 6.92 Å². The minimum Gasteiger partial charge on any atom is -0.508 e. The molecule has 2 N–H and O–H groups in total. The van der Waals surface area contributed by atoms with Gasteiger partial charge in [-0.05, 0) is 49.4 Å². The highest BCUT2D eigenvalue weighted by Gasteiger charge is 2.32. The van der Waals surface area contributed by atoms with Crippen molar-refractivity contribution in [3.63, 3.8) is 0 Å². The standard InChI is InChI=1S/C19H19ClN6O2/c1-11-9-21-22-10-15(11)17-23-19(25-24-17)26-6-2-3-13(18(26)28)7-12-4-5-14(20)8-16(12)27/h4-5,8-10,13,27H,2-3,6-7H2,1H3,(H,23,24,25). The second-order valence-electron chi connectivity index (χ2n) is 6.87. The van der Waals surface area contributed by atoms with Gasteiger partial charge in [-0.1, -0.05) is 17.7 Å². The summed E-state index contributed by atoms with van der Waals surface area (Å²) in [5.74, 6) is 0.737. The highest BCUT2D eigenvalue weighted by Crippen LogP contribution is 2.30. The Kier molecular flexibility index (Phi) is 4.95. The number of phenolic OH excluding ortho intramolecular Hbond substituents is 1. The van der Waals surface area contributed by atoms with Gasteiger partial charge in [0.2, 0.25) is 11.9 Å². The molecule has 3 aromatic rings. The van der Waals surface area contributed by atoms with Gasteiger partial charge >= 0.3 is 0 Å². The molecule has 3 heterocycles. The second kappa shape index (κ2) is 7.55. The first-order valence-electron chi connectivity index (χ1n) is 9.02. The summed E-state index contributed by atoms with van der Waals surface area (Å²) in [7, 11) is 0. The molecule has 1 unspecified atom stereocenters. The number of piperidine rings is 1. The number of hydrogen-bond donors (Lipinski definition) is 2. The summed E-state index contributed by atoms with van der Waals surface area (Å²) in [5, 5.41) is 25.4. The van der Waals surface area contributed by atoms with E-state index in [0.717, 1.165) is 24.0 Å². The van der Waals surface area contributed by atoms with Crippen LogP contribution in [-0.4, -0.2) is 42.9 Å². The van der Waals surface area contributed by atoms with E-state index in [9.17, 15) is 9.90 Å². The summed E-state index contributed by atoms with van der Waals surface area (Å²) < 4.78 is 0.